The van der Waals surface area contributed by atoms with Gasteiger partial charge in [-0.3, -0.25) is 14.2 Å². The van der Waals surface area contributed by atoms with Crippen LogP contribution in [0.3, 0.4) is 0 Å². The fourth-order valence-electron chi connectivity index (χ4n) is 5.95. The molecule has 1 aromatic heterocycles. The SMILES string of the molecule is Cc1cccc(-n2c(Cc3ccccc3)nnc2SCCCC(=O)N2CCN(C(=O)C3CCCCC3)C(C)C2)c1. The van der Waals surface area contributed by atoms with Gasteiger partial charge in [-0.05, 0) is 56.4 Å². The van der Waals surface area contributed by atoms with Gasteiger partial charge in [-0.2, -0.15) is 0 Å². The first kappa shape index (κ1) is 28.4. The first-order valence-corrected chi connectivity index (χ1v) is 15.7. The molecule has 2 fully saturated rings. The van der Waals surface area contributed by atoms with E-state index in [-0.39, 0.29) is 17.9 Å². The lowest BCUT2D eigenvalue weighted by Gasteiger charge is -2.41. The largest absolute Gasteiger partial charge is 0.339 e. The monoisotopic (exact) mass is 559 g/mol. The van der Waals surface area contributed by atoms with E-state index in [1.807, 2.05) is 28.0 Å². The molecule has 1 aliphatic carbocycles. The van der Waals surface area contributed by atoms with Crippen molar-refractivity contribution in [1.82, 2.24) is 24.6 Å². The van der Waals surface area contributed by atoms with E-state index in [0.717, 1.165) is 54.5 Å². The molecule has 1 unspecified atom stereocenters. The molecule has 0 spiro atoms. The van der Waals surface area contributed by atoms with Gasteiger partial charge in [-0.15, -0.1) is 10.2 Å². The second kappa shape index (κ2) is 13.5. The minimum atomic E-state index is 0.0809. The molecule has 40 heavy (non-hydrogen) atoms. The van der Waals surface area contributed by atoms with E-state index in [0.29, 0.717) is 38.4 Å². The molecule has 8 heteroatoms. The summed E-state index contributed by atoms with van der Waals surface area (Å²) >= 11 is 1.65. The molecule has 212 valence electrons. The lowest BCUT2D eigenvalue weighted by atomic mass is 9.88. The Hall–Kier alpha value is -3.13. The zero-order valence-electron chi connectivity index (χ0n) is 23.8. The second-order valence-corrected chi connectivity index (χ2v) is 12.3. The minimum Gasteiger partial charge on any atom is -0.339 e. The van der Waals surface area contributed by atoms with Gasteiger partial charge < -0.3 is 9.80 Å². The quantitative estimate of drug-likeness (QED) is 0.249. The fourth-order valence-corrected chi connectivity index (χ4v) is 6.86. The van der Waals surface area contributed by atoms with Crippen LogP contribution in [0.25, 0.3) is 5.69 Å². The number of nitrogens with zero attached hydrogens (tertiary/aromatic N) is 5. The van der Waals surface area contributed by atoms with Gasteiger partial charge in [0, 0.05) is 55.9 Å². The lowest BCUT2D eigenvalue weighted by molar-refractivity contribution is -0.146. The maximum Gasteiger partial charge on any atom is 0.226 e. The van der Waals surface area contributed by atoms with Gasteiger partial charge in [0.15, 0.2) is 5.16 Å². The van der Waals surface area contributed by atoms with Gasteiger partial charge in [0.25, 0.3) is 0 Å². The Morgan fingerprint density at radius 3 is 2.52 bits per heavy atom. The van der Waals surface area contributed by atoms with Crippen LogP contribution < -0.4 is 0 Å². The predicted octanol–water partition coefficient (Wildman–Crippen LogP) is 5.68. The summed E-state index contributed by atoms with van der Waals surface area (Å²) < 4.78 is 2.15. The van der Waals surface area contributed by atoms with E-state index in [9.17, 15) is 9.59 Å². The van der Waals surface area contributed by atoms with Crippen molar-refractivity contribution in [1.29, 1.82) is 0 Å². The third kappa shape index (κ3) is 6.95. The highest BCUT2D eigenvalue weighted by atomic mass is 32.2. The average molecular weight is 560 g/mol. The highest BCUT2D eigenvalue weighted by molar-refractivity contribution is 7.99. The van der Waals surface area contributed by atoms with Crippen molar-refractivity contribution in [3.63, 3.8) is 0 Å². The maximum atomic E-state index is 13.0. The van der Waals surface area contributed by atoms with Gasteiger partial charge in [0.05, 0.1) is 0 Å². The normalized spacial score (nSPS) is 18.2. The van der Waals surface area contributed by atoms with Crippen molar-refractivity contribution in [3.8, 4) is 5.69 Å². The van der Waals surface area contributed by atoms with E-state index >= 15 is 0 Å². The predicted molar refractivity (Wildman–Crippen MR) is 160 cm³/mol. The van der Waals surface area contributed by atoms with E-state index in [4.69, 9.17) is 0 Å². The van der Waals surface area contributed by atoms with Crippen molar-refractivity contribution < 1.29 is 9.59 Å². The molecule has 1 aliphatic heterocycles. The van der Waals surface area contributed by atoms with Crippen LogP contribution in [0.1, 0.15) is 68.8 Å². The fraction of sp³-hybridized carbons (Fsp3) is 0.500. The summed E-state index contributed by atoms with van der Waals surface area (Å²) in [5.74, 6) is 2.37. The molecule has 2 aliphatic rings. The Morgan fingerprint density at radius 1 is 0.975 bits per heavy atom. The van der Waals surface area contributed by atoms with E-state index in [1.54, 1.807) is 11.8 Å². The molecule has 2 heterocycles. The summed E-state index contributed by atoms with van der Waals surface area (Å²) in [6.07, 6.45) is 7.60. The molecule has 2 aromatic carbocycles. The summed E-state index contributed by atoms with van der Waals surface area (Å²) in [7, 11) is 0. The standard InChI is InChI=1S/C32H41N5O2S/c1-24-11-9-16-28(21-24)37-29(22-26-12-5-3-6-13-26)33-34-32(37)40-20-10-17-30(38)35-18-19-36(25(2)23-35)31(39)27-14-7-4-8-15-27/h3,5-6,9,11-13,16,21,25,27H,4,7-8,10,14-15,17-20,22-23H2,1-2H3. The number of rotatable bonds is 9. The van der Waals surface area contributed by atoms with Crippen molar-refractivity contribution in [2.24, 2.45) is 5.92 Å². The molecule has 5 rings (SSSR count). The summed E-state index contributed by atoms with van der Waals surface area (Å²) in [5, 5.41) is 9.95. The third-order valence-electron chi connectivity index (χ3n) is 8.15. The number of carbonyl (C=O) groups is 2. The topological polar surface area (TPSA) is 71.3 Å². The van der Waals surface area contributed by atoms with Gasteiger partial charge in [-0.25, -0.2) is 0 Å². The number of aromatic nitrogens is 3. The van der Waals surface area contributed by atoms with Crippen LogP contribution in [0.5, 0.6) is 0 Å². The molecule has 2 amide bonds. The van der Waals surface area contributed by atoms with Gasteiger partial charge in [0.2, 0.25) is 11.8 Å². The Morgan fingerprint density at radius 2 is 1.77 bits per heavy atom. The number of carbonyl (C=O) groups excluding carboxylic acids is 2. The molecule has 0 radical (unpaired) electrons. The molecule has 1 saturated heterocycles. The Kier molecular flexibility index (Phi) is 9.57. The first-order valence-electron chi connectivity index (χ1n) is 14.8. The van der Waals surface area contributed by atoms with Crippen LogP contribution >= 0.6 is 11.8 Å². The molecular formula is C32H41N5O2S. The number of thioether (sulfide) groups is 1. The van der Waals surface area contributed by atoms with Crippen LogP contribution in [0, 0.1) is 12.8 Å². The first-order chi connectivity index (χ1) is 19.5. The zero-order valence-corrected chi connectivity index (χ0v) is 24.6. The van der Waals surface area contributed by atoms with Crippen LogP contribution in [-0.4, -0.2) is 67.8 Å². The van der Waals surface area contributed by atoms with Crippen LogP contribution in [0.2, 0.25) is 0 Å². The average Bonchev–Trinajstić information content (AvgIpc) is 3.37. The van der Waals surface area contributed by atoms with Gasteiger partial charge in [-0.1, -0.05) is 73.5 Å². The van der Waals surface area contributed by atoms with E-state index in [2.05, 4.69) is 65.0 Å². The van der Waals surface area contributed by atoms with E-state index in [1.165, 1.54) is 17.5 Å². The number of hydrogen-bond donors (Lipinski definition) is 0. The van der Waals surface area contributed by atoms with Crippen molar-refractivity contribution in [2.45, 2.75) is 76.4 Å². The van der Waals surface area contributed by atoms with Gasteiger partial charge in [0.1, 0.15) is 5.82 Å². The van der Waals surface area contributed by atoms with Crippen molar-refractivity contribution >= 4 is 23.6 Å². The second-order valence-electron chi connectivity index (χ2n) is 11.2. The van der Waals surface area contributed by atoms with Crippen molar-refractivity contribution in [2.75, 3.05) is 25.4 Å². The van der Waals surface area contributed by atoms with Crippen molar-refractivity contribution in [3.05, 3.63) is 71.5 Å². The number of aryl methyl sites for hydroxylation is 1. The molecular weight excluding hydrogens is 518 g/mol. The molecule has 0 bridgehead atoms. The summed E-state index contributed by atoms with van der Waals surface area (Å²) in [5.41, 5.74) is 3.44. The Bertz CT molecular complexity index is 1290. The highest BCUT2D eigenvalue weighted by Gasteiger charge is 2.33. The number of amides is 2. The smallest absolute Gasteiger partial charge is 0.226 e. The zero-order chi connectivity index (χ0) is 27.9. The Labute approximate surface area is 242 Å². The highest BCUT2D eigenvalue weighted by Crippen LogP contribution is 2.28. The molecule has 7 nitrogen and oxygen atoms in total. The number of benzene rings is 2. The number of piperazine rings is 1. The third-order valence-corrected chi connectivity index (χ3v) is 9.16. The minimum absolute atomic E-state index is 0.0809. The lowest BCUT2D eigenvalue weighted by Crippen LogP contribution is -2.56. The molecule has 0 N–H and O–H groups in total. The summed E-state index contributed by atoms with van der Waals surface area (Å²) in [6.45, 7) is 6.10. The van der Waals surface area contributed by atoms with Crippen LogP contribution in [0.15, 0.2) is 59.8 Å². The van der Waals surface area contributed by atoms with Crippen LogP contribution in [0.4, 0.5) is 0 Å². The number of hydrogen-bond acceptors (Lipinski definition) is 5. The maximum absolute atomic E-state index is 13.0. The summed E-state index contributed by atoms with van der Waals surface area (Å²) in [4.78, 5) is 30.1. The Balaban J connectivity index is 1.15. The molecule has 1 atom stereocenters. The van der Waals surface area contributed by atoms with Crippen LogP contribution in [-0.2, 0) is 16.0 Å². The molecule has 1 saturated carbocycles. The van der Waals surface area contributed by atoms with Gasteiger partial charge >= 0.3 is 0 Å². The molecule has 3 aromatic rings. The van der Waals surface area contributed by atoms with E-state index < -0.39 is 0 Å². The summed E-state index contributed by atoms with van der Waals surface area (Å²) in [6, 6.07) is 18.8.